The Balaban J connectivity index is 4.11. The van der Waals surface area contributed by atoms with Gasteiger partial charge in [0.25, 0.3) is 0 Å². The third-order valence-electron chi connectivity index (χ3n) is 1.71. The highest BCUT2D eigenvalue weighted by Crippen LogP contribution is 2.08. The number of nitrogens with zero attached hydrogens (tertiary/aromatic N) is 2. The number of amidine groups is 1. The summed E-state index contributed by atoms with van der Waals surface area (Å²) in [6, 6.07) is 0.347. The van der Waals surface area contributed by atoms with E-state index in [0.717, 1.165) is 13.0 Å². The maximum Gasteiger partial charge on any atom is 0.0909 e. The maximum absolute atomic E-state index is 5.58. The van der Waals surface area contributed by atoms with Crippen molar-refractivity contribution in [3.05, 3.63) is 0 Å². The first-order chi connectivity index (χ1) is 5.91. The van der Waals surface area contributed by atoms with Gasteiger partial charge in [0.2, 0.25) is 0 Å². The zero-order chi connectivity index (χ0) is 10.4. The van der Waals surface area contributed by atoms with Crippen molar-refractivity contribution in [3.63, 3.8) is 0 Å². The minimum atomic E-state index is 0.347. The number of hydrogen-bond acceptors (Lipinski definition) is 2. The number of aliphatic imine (C=N–C) groups is 1. The van der Waals surface area contributed by atoms with Crippen LogP contribution in [0.1, 0.15) is 27.2 Å². The zero-order valence-electron chi connectivity index (χ0n) is 9.54. The molecule has 0 aliphatic heterocycles. The van der Waals surface area contributed by atoms with E-state index >= 15 is 0 Å². The summed E-state index contributed by atoms with van der Waals surface area (Å²) < 4.78 is 0. The van der Waals surface area contributed by atoms with E-state index in [-0.39, 0.29) is 0 Å². The summed E-state index contributed by atoms with van der Waals surface area (Å²) in [7, 11) is 4.13. The van der Waals surface area contributed by atoms with Crippen LogP contribution < -0.4 is 5.73 Å². The Morgan fingerprint density at radius 1 is 1.38 bits per heavy atom. The van der Waals surface area contributed by atoms with Gasteiger partial charge in [-0.1, -0.05) is 13.8 Å². The quantitative estimate of drug-likeness (QED) is 0.519. The van der Waals surface area contributed by atoms with E-state index in [1.807, 2.05) is 6.92 Å². The van der Waals surface area contributed by atoms with Gasteiger partial charge in [-0.2, -0.15) is 0 Å². The van der Waals surface area contributed by atoms with Gasteiger partial charge in [-0.25, -0.2) is 0 Å². The van der Waals surface area contributed by atoms with Crippen molar-refractivity contribution in [1.29, 1.82) is 0 Å². The van der Waals surface area contributed by atoms with Crippen molar-refractivity contribution < 1.29 is 0 Å². The maximum atomic E-state index is 5.58. The molecule has 3 heteroatoms. The van der Waals surface area contributed by atoms with E-state index in [1.165, 1.54) is 0 Å². The lowest BCUT2D eigenvalue weighted by Gasteiger charge is -2.19. The third-order valence-corrected chi connectivity index (χ3v) is 1.71. The molecule has 0 aliphatic rings. The topological polar surface area (TPSA) is 41.6 Å². The molecule has 1 atom stereocenters. The minimum Gasteiger partial charge on any atom is -0.388 e. The molecule has 0 heterocycles. The van der Waals surface area contributed by atoms with Gasteiger partial charge < -0.3 is 10.6 Å². The molecule has 0 aliphatic carbocycles. The van der Waals surface area contributed by atoms with Crippen molar-refractivity contribution in [2.45, 2.75) is 33.2 Å². The monoisotopic (exact) mass is 185 g/mol. The molecule has 78 valence electrons. The van der Waals surface area contributed by atoms with Crippen LogP contribution in [-0.4, -0.2) is 37.4 Å². The fraction of sp³-hybridized carbons (Fsp3) is 0.900. The Morgan fingerprint density at radius 3 is 2.23 bits per heavy atom. The van der Waals surface area contributed by atoms with Gasteiger partial charge >= 0.3 is 0 Å². The first-order valence-electron chi connectivity index (χ1n) is 4.86. The van der Waals surface area contributed by atoms with Gasteiger partial charge in [0.05, 0.1) is 11.9 Å². The highest BCUT2D eigenvalue weighted by molar-refractivity contribution is 5.77. The van der Waals surface area contributed by atoms with Gasteiger partial charge in [0.15, 0.2) is 0 Å². The molecule has 0 amide bonds. The number of hydrogen-bond donors (Lipinski definition) is 1. The molecule has 0 saturated carbocycles. The fourth-order valence-electron chi connectivity index (χ4n) is 1.42. The Bertz CT molecular complexity index is 148. The van der Waals surface area contributed by atoms with Crippen LogP contribution in [0.5, 0.6) is 0 Å². The van der Waals surface area contributed by atoms with Crippen molar-refractivity contribution in [3.8, 4) is 0 Å². The predicted octanol–water partition coefficient (Wildman–Crippen LogP) is 1.34. The Morgan fingerprint density at radius 2 is 1.92 bits per heavy atom. The lowest BCUT2D eigenvalue weighted by Crippen LogP contribution is -2.27. The number of likely N-dealkylation sites (N-methyl/N-ethyl adjacent to an activating group) is 1. The summed E-state index contributed by atoms with van der Waals surface area (Å²) in [5.41, 5.74) is 5.58. The largest absolute Gasteiger partial charge is 0.388 e. The molecular formula is C10H23N3. The van der Waals surface area contributed by atoms with Crippen LogP contribution in [0.3, 0.4) is 0 Å². The van der Waals surface area contributed by atoms with Crippen LogP contribution in [0, 0.1) is 5.92 Å². The Hall–Kier alpha value is -0.570. The van der Waals surface area contributed by atoms with Gasteiger partial charge in [-0.3, -0.25) is 4.99 Å². The summed E-state index contributed by atoms with van der Waals surface area (Å²) in [6.45, 7) is 7.25. The molecule has 0 aromatic carbocycles. The third kappa shape index (κ3) is 7.78. The van der Waals surface area contributed by atoms with Crippen LogP contribution in [0.4, 0.5) is 0 Å². The standard InChI is InChI=1S/C10H23N3/c1-8(2)6-10(7-13(4)5)12-9(3)11/h8,10H,6-7H2,1-5H3,(H2,11,12). The molecule has 0 radical (unpaired) electrons. The van der Waals surface area contributed by atoms with E-state index < -0.39 is 0 Å². The Labute approximate surface area is 82.0 Å². The van der Waals surface area contributed by atoms with Crippen molar-refractivity contribution in [2.24, 2.45) is 16.6 Å². The van der Waals surface area contributed by atoms with Gasteiger partial charge in [-0.15, -0.1) is 0 Å². The zero-order valence-corrected chi connectivity index (χ0v) is 9.54. The molecular weight excluding hydrogens is 162 g/mol. The minimum absolute atomic E-state index is 0.347. The predicted molar refractivity (Wildman–Crippen MR) is 59.1 cm³/mol. The molecule has 0 fully saturated rings. The van der Waals surface area contributed by atoms with E-state index in [0.29, 0.717) is 17.8 Å². The Kier molecular flexibility index (Phi) is 5.71. The van der Waals surface area contributed by atoms with Crippen LogP contribution in [0.25, 0.3) is 0 Å². The lowest BCUT2D eigenvalue weighted by atomic mass is 10.0. The molecule has 0 rings (SSSR count). The first kappa shape index (κ1) is 12.4. The SMILES string of the molecule is CC(N)=NC(CC(C)C)CN(C)C. The van der Waals surface area contributed by atoms with Crippen LogP contribution >= 0.6 is 0 Å². The number of rotatable bonds is 5. The van der Waals surface area contributed by atoms with Gasteiger partial charge in [0.1, 0.15) is 0 Å². The summed E-state index contributed by atoms with van der Waals surface area (Å²) in [5, 5.41) is 0. The van der Waals surface area contributed by atoms with E-state index in [9.17, 15) is 0 Å². The second-order valence-electron chi connectivity index (χ2n) is 4.32. The van der Waals surface area contributed by atoms with Gasteiger partial charge in [-0.05, 0) is 33.4 Å². The normalized spacial score (nSPS) is 15.5. The highest BCUT2D eigenvalue weighted by Gasteiger charge is 2.10. The molecule has 0 saturated heterocycles. The molecule has 0 bridgehead atoms. The number of nitrogens with two attached hydrogens (primary N) is 1. The summed E-state index contributed by atoms with van der Waals surface area (Å²) in [5.74, 6) is 1.36. The van der Waals surface area contributed by atoms with Crippen molar-refractivity contribution >= 4 is 5.84 Å². The van der Waals surface area contributed by atoms with Crippen LogP contribution in [-0.2, 0) is 0 Å². The van der Waals surface area contributed by atoms with Crippen molar-refractivity contribution in [1.82, 2.24) is 4.90 Å². The molecule has 1 unspecified atom stereocenters. The first-order valence-corrected chi connectivity index (χ1v) is 4.86. The van der Waals surface area contributed by atoms with Gasteiger partial charge in [0, 0.05) is 6.54 Å². The molecule has 3 nitrogen and oxygen atoms in total. The average molecular weight is 185 g/mol. The molecule has 13 heavy (non-hydrogen) atoms. The average Bonchev–Trinajstić information content (AvgIpc) is 1.80. The summed E-state index contributed by atoms with van der Waals surface area (Å²) in [6.07, 6.45) is 1.10. The van der Waals surface area contributed by atoms with Crippen LogP contribution in [0.2, 0.25) is 0 Å². The molecule has 0 aromatic rings. The highest BCUT2D eigenvalue weighted by atomic mass is 15.1. The van der Waals surface area contributed by atoms with E-state index in [1.54, 1.807) is 0 Å². The summed E-state index contributed by atoms with van der Waals surface area (Å²) in [4.78, 5) is 6.56. The summed E-state index contributed by atoms with van der Waals surface area (Å²) >= 11 is 0. The fourth-order valence-corrected chi connectivity index (χ4v) is 1.42. The van der Waals surface area contributed by atoms with E-state index in [2.05, 4.69) is 37.8 Å². The molecule has 0 spiro atoms. The van der Waals surface area contributed by atoms with Crippen LogP contribution in [0.15, 0.2) is 4.99 Å². The molecule has 0 aromatic heterocycles. The van der Waals surface area contributed by atoms with E-state index in [4.69, 9.17) is 5.73 Å². The second kappa shape index (κ2) is 5.97. The second-order valence-corrected chi connectivity index (χ2v) is 4.32. The van der Waals surface area contributed by atoms with Crippen molar-refractivity contribution in [2.75, 3.05) is 20.6 Å². The lowest BCUT2D eigenvalue weighted by molar-refractivity contribution is 0.345. The molecule has 2 N–H and O–H groups in total. The smallest absolute Gasteiger partial charge is 0.0909 e.